The van der Waals surface area contributed by atoms with Gasteiger partial charge in [-0.1, -0.05) is 0 Å². The number of rotatable bonds is 4. The molecule has 0 bridgehead atoms. The largest absolute Gasteiger partial charge is 0.508 e. The number of phenolic OH excluding ortho intramolecular Hbond substituents is 1. The molecule has 1 saturated heterocycles. The molecule has 0 spiro atoms. The standard InChI is InChI=1S/C15H22N2O2/c1-11-9-13(5-6-14(11)18)15(19)16-10-12(2)17-7-3-4-8-17/h5-6,9,12,18H,3-4,7-8,10H2,1-2H3,(H,16,19). The minimum absolute atomic E-state index is 0.0749. The first-order valence-electron chi connectivity index (χ1n) is 6.90. The molecule has 0 aromatic heterocycles. The van der Waals surface area contributed by atoms with Crippen LogP contribution in [0.3, 0.4) is 0 Å². The molecule has 104 valence electrons. The molecule has 4 heteroatoms. The number of aromatic hydroxyl groups is 1. The Kier molecular flexibility index (Phi) is 4.43. The lowest BCUT2D eigenvalue weighted by molar-refractivity contribution is 0.0940. The first-order chi connectivity index (χ1) is 9.08. The summed E-state index contributed by atoms with van der Waals surface area (Å²) in [6, 6.07) is 5.31. The van der Waals surface area contributed by atoms with Crippen LogP contribution >= 0.6 is 0 Å². The first kappa shape index (κ1) is 13.9. The monoisotopic (exact) mass is 262 g/mol. The Morgan fingerprint density at radius 3 is 2.74 bits per heavy atom. The van der Waals surface area contributed by atoms with Crippen molar-refractivity contribution in [2.75, 3.05) is 19.6 Å². The van der Waals surface area contributed by atoms with Crippen LogP contribution in [0.15, 0.2) is 18.2 Å². The van der Waals surface area contributed by atoms with Crippen molar-refractivity contribution in [2.45, 2.75) is 32.7 Å². The summed E-state index contributed by atoms with van der Waals surface area (Å²) in [4.78, 5) is 14.4. The number of hydrogen-bond donors (Lipinski definition) is 2. The zero-order valence-electron chi connectivity index (χ0n) is 11.6. The molecule has 1 aliphatic heterocycles. The van der Waals surface area contributed by atoms with Crippen LogP contribution in [0.1, 0.15) is 35.7 Å². The van der Waals surface area contributed by atoms with E-state index in [1.807, 2.05) is 0 Å². The molecule has 0 saturated carbocycles. The highest BCUT2D eigenvalue weighted by Crippen LogP contribution is 2.17. The topological polar surface area (TPSA) is 52.6 Å². The Bertz CT molecular complexity index is 453. The maximum Gasteiger partial charge on any atom is 0.251 e. The average Bonchev–Trinajstić information content (AvgIpc) is 2.92. The molecule has 1 unspecified atom stereocenters. The van der Waals surface area contributed by atoms with E-state index in [1.54, 1.807) is 25.1 Å². The van der Waals surface area contributed by atoms with E-state index in [0.29, 0.717) is 18.2 Å². The van der Waals surface area contributed by atoms with Gasteiger partial charge < -0.3 is 10.4 Å². The summed E-state index contributed by atoms with van der Waals surface area (Å²) in [5.41, 5.74) is 1.32. The lowest BCUT2D eigenvalue weighted by Crippen LogP contribution is -2.40. The van der Waals surface area contributed by atoms with Gasteiger partial charge in [0.1, 0.15) is 5.75 Å². The number of hydrogen-bond acceptors (Lipinski definition) is 3. The molecule has 0 aliphatic carbocycles. The fourth-order valence-electron chi connectivity index (χ4n) is 2.45. The van der Waals surface area contributed by atoms with E-state index >= 15 is 0 Å². The molecule has 1 atom stereocenters. The maximum atomic E-state index is 12.0. The summed E-state index contributed by atoms with van der Waals surface area (Å²) in [6.45, 7) is 6.87. The highest BCUT2D eigenvalue weighted by atomic mass is 16.3. The van der Waals surface area contributed by atoms with Gasteiger partial charge in [0.2, 0.25) is 0 Å². The Balaban J connectivity index is 1.88. The molecule has 2 N–H and O–H groups in total. The number of likely N-dealkylation sites (tertiary alicyclic amines) is 1. The smallest absolute Gasteiger partial charge is 0.251 e. The number of carbonyl (C=O) groups is 1. The molecule has 4 nitrogen and oxygen atoms in total. The van der Waals surface area contributed by atoms with Crippen molar-refractivity contribution in [2.24, 2.45) is 0 Å². The second-order valence-electron chi connectivity index (χ2n) is 5.30. The van der Waals surface area contributed by atoms with E-state index < -0.39 is 0 Å². The number of amides is 1. The highest BCUT2D eigenvalue weighted by Gasteiger charge is 2.18. The minimum Gasteiger partial charge on any atom is -0.508 e. The zero-order valence-corrected chi connectivity index (χ0v) is 11.6. The second-order valence-corrected chi connectivity index (χ2v) is 5.30. The third kappa shape index (κ3) is 3.47. The van der Waals surface area contributed by atoms with Crippen LogP contribution < -0.4 is 5.32 Å². The second kappa shape index (κ2) is 6.06. The zero-order chi connectivity index (χ0) is 13.8. The van der Waals surface area contributed by atoms with Crippen LogP contribution in [0.25, 0.3) is 0 Å². The van der Waals surface area contributed by atoms with E-state index in [2.05, 4.69) is 17.1 Å². The predicted molar refractivity (Wildman–Crippen MR) is 75.4 cm³/mol. The third-order valence-corrected chi connectivity index (χ3v) is 3.78. The normalized spacial score (nSPS) is 17.4. The van der Waals surface area contributed by atoms with Gasteiger partial charge in [-0.2, -0.15) is 0 Å². The summed E-state index contributed by atoms with van der Waals surface area (Å²) >= 11 is 0. The molecule has 0 radical (unpaired) electrons. The van der Waals surface area contributed by atoms with Gasteiger partial charge in [0.05, 0.1) is 0 Å². The number of nitrogens with zero attached hydrogens (tertiary/aromatic N) is 1. The summed E-state index contributed by atoms with van der Waals surface area (Å²) < 4.78 is 0. The Labute approximate surface area is 114 Å². The van der Waals surface area contributed by atoms with Crippen molar-refractivity contribution in [1.82, 2.24) is 10.2 Å². The summed E-state index contributed by atoms with van der Waals surface area (Å²) in [5.74, 6) is 0.149. The molecule has 1 aliphatic rings. The van der Waals surface area contributed by atoms with E-state index in [9.17, 15) is 9.90 Å². The van der Waals surface area contributed by atoms with Gasteiger partial charge in [-0.15, -0.1) is 0 Å². The molecule has 1 amide bonds. The number of aryl methyl sites for hydroxylation is 1. The van der Waals surface area contributed by atoms with Crippen LogP contribution in [0.5, 0.6) is 5.75 Å². The lowest BCUT2D eigenvalue weighted by atomic mass is 10.1. The van der Waals surface area contributed by atoms with Gasteiger partial charge in [0, 0.05) is 18.2 Å². The quantitative estimate of drug-likeness (QED) is 0.871. The third-order valence-electron chi connectivity index (χ3n) is 3.78. The van der Waals surface area contributed by atoms with Gasteiger partial charge in [0.15, 0.2) is 0 Å². The highest BCUT2D eigenvalue weighted by molar-refractivity contribution is 5.94. The van der Waals surface area contributed by atoms with Crippen molar-refractivity contribution >= 4 is 5.91 Å². The molecular formula is C15H22N2O2. The van der Waals surface area contributed by atoms with Crippen molar-refractivity contribution in [3.63, 3.8) is 0 Å². The molecule has 1 heterocycles. The lowest BCUT2D eigenvalue weighted by Gasteiger charge is -2.23. The van der Waals surface area contributed by atoms with Crippen molar-refractivity contribution in [1.29, 1.82) is 0 Å². The van der Waals surface area contributed by atoms with E-state index in [4.69, 9.17) is 0 Å². The molecule has 1 aromatic carbocycles. The number of nitrogens with one attached hydrogen (secondary N) is 1. The predicted octanol–water partition coefficient (Wildman–Crippen LogP) is 1.91. The van der Waals surface area contributed by atoms with Crippen molar-refractivity contribution < 1.29 is 9.90 Å². The van der Waals surface area contributed by atoms with Crippen molar-refractivity contribution in [3.05, 3.63) is 29.3 Å². The molecule has 1 fully saturated rings. The van der Waals surface area contributed by atoms with E-state index in [1.165, 1.54) is 12.8 Å². The van der Waals surface area contributed by atoms with Crippen LogP contribution in [0.4, 0.5) is 0 Å². The number of benzene rings is 1. The summed E-state index contributed by atoms with van der Waals surface area (Å²) in [5, 5.41) is 12.4. The molecule has 19 heavy (non-hydrogen) atoms. The summed E-state index contributed by atoms with van der Waals surface area (Å²) in [7, 11) is 0. The number of carbonyl (C=O) groups excluding carboxylic acids is 1. The van der Waals surface area contributed by atoms with E-state index in [-0.39, 0.29) is 11.7 Å². The molecule has 2 rings (SSSR count). The minimum atomic E-state index is -0.0749. The van der Waals surface area contributed by atoms with Gasteiger partial charge in [-0.3, -0.25) is 9.69 Å². The van der Waals surface area contributed by atoms with Gasteiger partial charge in [-0.05, 0) is 63.5 Å². The fourth-order valence-corrected chi connectivity index (χ4v) is 2.45. The van der Waals surface area contributed by atoms with Gasteiger partial charge in [0.25, 0.3) is 5.91 Å². The van der Waals surface area contributed by atoms with Gasteiger partial charge >= 0.3 is 0 Å². The maximum absolute atomic E-state index is 12.0. The average molecular weight is 262 g/mol. The Hall–Kier alpha value is -1.55. The van der Waals surface area contributed by atoms with Gasteiger partial charge in [-0.25, -0.2) is 0 Å². The Morgan fingerprint density at radius 1 is 1.42 bits per heavy atom. The van der Waals surface area contributed by atoms with Crippen LogP contribution in [-0.2, 0) is 0 Å². The van der Waals surface area contributed by atoms with Crippen LogP contribution in [-0.4, -0.2) is 41.6 Å². The van der Waals surface area contributed by atoms with Crippen LogP contribution in [0, 0.1) is 6.92 Å². The summed E-state index contributed by atoms with van der Waals surface area (Å²) in [6.07, 6.45) is 2.52. The number of phenols is 1. The van der Waals surface area contributed by atoms with Crippen LogP contribution in [0.2, 0.25) is 0 Å². The first-order valence-corrected chi connectivity index (χ1v) is 6.90. The molecular weight excluding hydrogens is 240 g/mol. The Morgan fingerprint density at radius 2 is 2.11 bits per heavy atom. The fraction of sp³-hybridized carbons (Fsp3) is 0.533. The van der Waals surface area contributed by atoms with Crippen molar-refractivity contribution in [3.8, 4) is 5.75 Å². The SMILES string of the molecule is Cc1cc(C(=O)NCC(C)N2CCCC2)ccc1O. The van der Waals surface area contributed by atoms with E-state index in [0.717, 1.165) is 18.7 Å². The molecule has 1 aromatic rings.